The molecule has 1 heterocycles. The molecule has 2 rings (SSSR count). The predicted octanol–water partition coefficient (Wildman–Crippen LogP) is 1.43. The van der Waals surface area contributed by atoms with Crippen molar-refractivity contribution in [1.29, 1.82) is 0 Å². The van der Waals surface area contributed by atoms with Crippen molar-refractivity contribution in [2.24, 2.45) is 0 Å². The van der Waals surface area contributed by atoms with Crippen LogP contribution < -0.4 is 5.32 Å². The number of carbonyl (C=O) groups is 2. The summed E-state index contributed by atoms with van der Waals surface area (Å²) in [7, 11) is 0. The smallest absolute Gasteiger partial charge is 0.325 e. The van der Waals surface area contributed by atoms with Crippen LogP contribution in [0.1, 0.15) is 18.9 Å². The number of nitro benzene ring substituents is 1. The van der Waals surface area contributed by atoms with Crippen molar-refractivity contribution in [1.82, 2.24) is 10.2 Å². The summed E-state index contributed by atoms with van der Waals surface area (Å²) in [6.07, 6.45) is 0.498. The highest BCUT2D eigenvalue weighted by Gasteiger charge is 2.37. The molecule has 100 valence electrons. The maximum atomic E-state index is 11.9. The Morgan fingerprint density at radius 1 is 1.37 bits per heavy atom. The molecule has 1 fully saturated rings. The minimum atomic E-state index is -0.532. The molecule has 0 aromatic heterocycles. The average Bonchev–Trinajstić information content (AvgIpc) is 2.66. The van der Waals surface area contributed by atoms with E-state index in [0.29, 0.717) is 12.0 Å². The van der Waals surface area contributed by atoms with Crippen LogP contribution in [0.2, 0.25) is 0 Å². The first kappa shape index (κ1) is 13.0. The second-order valence-corrected chi connectivity index (χ2v) is 4.22. The van der Waals surface area contributed by atoms with Crippen molar-refractivity contribution in [2.75, 3.05) is 0 Å². The van der Waals surface area contributed by atoms with Crippen LogP contribution in [0.4, 0.5) is 10.5 Å². The lowest BCUT2D eigenvalue weighted by Gasteiger charge is -2.12. The van der Waals surface area contributed by atoms with E-state index in [2.05, 4.69) is 5.32 Å². The van der Waals surface area contributed by atoms with E-state index in [0.717, 1.165) is 4.90 Å². The molecule has 1 N–H and O–H groups in total. The predicted molar refractivity (Wildman–Crippen MR) is 66.3 cm³/mol. The van der Waals surface area contributed by atoms with E-state index in [1.807, 2.05) is 0 Å². The van der Waals surface area contributed by atoms with Gasteiger partial charge in [0.1, 0.15) is 6.04 Å². The number of para-hydroxylation sites is 1. The van der Waals surface area contributed by atoms with Gasteiger partial charge in [-0.25, -0.2) is 4.79 Å². The van der Waals surface area contributed by atoms with E-state index >= 15 is 0 Å². The van der Waals surface area contributed by atoms with Gasteiger partial charge in [0.2, 0.25) is 0 Å². The number of imide groups is 1. The molecule has 7 nitrogen and oxygen atoms in total. The van der Waals surface area contributed by atoms with E-state index in [1.165, 1.54) is 12.1 Å². The molecular weight excluding hydrogens is 250 g/mol. The van der Waals surface area contributed by atoms with Gasteiger partial charge in [-0.3, -0.25) is 19.8 Å². The first-order chi connectivity index (χ1) is 9.04. The highest BCUT2D eigenvalue weighted by Crippen LogP contribution is 2.21. The number of rotatable bonds is 4. The second kappa shape index (κ2) is 5.05. The summed E-state index contributed by atoms with van der Waals surface area (Å²) in [6, 6.07) is 5.04. The van der Waals surface area contributed by atoms with E-state index in [9.17, 15) is 19.7 Å². The Balaban J connectivity index is 2.25. The minimum Gasteiger partial charge on any atom is -0.326 e. The molecule has 1 aliphatic rings. The zero-order chi connectivity index (χ0) is 14.0. The lowest BCUT2D eigenvalue weighted by molar-refractivity contribution is -0.385. The molecule has 0 radical (unpaired) electrons. The molecule has 0 aliphatic carbocycles. The van der Waals surface area contributed by atoms with Crippen molar-refractivity contribution in [3.63, 3.8) is 0 Å². The monoisotopic (exact) mass is 263 g/mol. The third-order valence-electron chi connectivity index (χ3n) is 3.03. The van der Waals surface area contributed by atoms with Gasteiger partial charge in [0.05, 0.1) is 11.5 Å². The number of nitrogens with zero attached hydrogens (tertiary/aromatic N) is 2. The van der Waals surface area contributed by atoms with Crippen molar-refractivity contribution in [3.05, 3.63) is 39.9 Å². The summed E-state index contributed by atoms with van der Waals surface area (Å²) in [5, 5.41) is 13.4. The number of hydrogen-bond donors (Lipinski definition) is 1. The minimum absolute atomic E-state index is 0.0850. The van der Waals surface area contributed by atoms with E-state index < -0.39 is 17.0 Å². The van der Waals surface area contributed by atoms with Crippen LogP contribution in [0.15, 0.2) is 24.3 Å². The molecule has 1 aromatic carbocycles. The lowest BCUT2D eigenvalue weighted by atomic mass is 10.1. The lowest BCUT2D eigenvalue weighted by Crippen LogP contribution is -2.31. The van der Waals surface area contributed by atoms with Gasteiger partial charge in [-0.1, -0.05) is 25.1 Å². The van der Waals surface area contributed by atoms with Crippen LogP contribution in [0.5, 0.6) is 0 Å². The molecule has 0 unspecified atom stereocenters. The van der Waals surface area contributed by atoms with Crippen molar-refractivity contribution < 1.29 is 14.5 Å². The number of hydrogen-bond acceptors (Lipinski definition) is 4. The number of nitrogens with one attached hydrogen (secondary N) is 1. The van der Waals surface area contributed by atoms with Crippen molar-refractivity contribution >= 4 is 17.6 Å². The standard InChI is InChI=1S/C12H13N3O4/c1-2-9-11(16)14(12(17)13-9)7-8-5-3-4-6-10(8)15(18)19/h3-6,9H,2,7H2,1H3,(H,13,17)/t9-/m1/s1. The molecule has 7 heteroatoms. The van der Waals surface area contributed by atoms with Crippen LogP contribution >= 0.6 is 0 Å². The Labute approximate surface area is 109 Å². The zero-order valence-corrected chi connectivity index (χ0v) is 10.3. The van der Waals surface area contributed by atoms with Gasteiger partial charge < -0.3 is 5.32 Å². The van der Waals surface area contributed by atoms with E-state index in [4.69, 9.17) is 0 Å². The molecule has 3 amide bonds. The average molecular weight is 263 g/mol. The first-order valence-electron chi connectivity index (χ1n) is 5.88. The summed E-state index contributed by atoms with van der Waals surface area (Å²) >= 11 is 0. The van der Waals surface area contributed by atoms with Crippen LogP contribution in [0, 0.1) is 10.1 Å². The van der Waals surface area contributed by atoms with Gasteiger partial charge in [0.25, 0.3) is 11.6 Å². The van der Waals surface area contributed by atoms with Gasteiger partial charge in [-0.2, -0.15) is 0 Å². The number of carbonyl (C=O) groups excluding carboxylic acids is 2. The fraction of sp³-hybridized carbons (Fsp3) is 0.333. The van der Waals surface area contributed by atoms with Gasteiger partial charge in [-0.15, -0.1) is 0 Å². The summed E-state index contributed by atoms with van der Waals surface area (Å²) in [6.45, 7) is 1.70. The van der Waals surface area contributed by atoms with Crippen LogP contribution in [-0.2, 0) is 11.3 Å². The summed E-state index contributed by atoms with van der Waals surface area (Å²) in [5.74, 6) is -0.342. The maximum Gasteiger partial charge on any atom is 0.325 e. The largest absolute Gasteiger partial charge is 0.326 e. The highest BCUT2D eigenvalue weighted by molar-refractivity contribution is 6.04. The summed E-state index contributed by atoms with van der Waals surface area (Å²) in [4.78, 5) is 34.9. The Morgan fingerprint density at radius 3 is 2.63 bits per heavy atom. The number of nitro groups is 1. The van der Waals surface area contributed by atoms with Crippen LogP contribution in [0.25, 0.3) is 0 Å². The topological polar surface area (TPSA) is 92.6 Å². The fourth-order valence-corrected chi connectivity index (χ4v) is 2.00. The zero-order valence-electron chi connectivity index (χ0n) is 10.3. The maximum absolute atomic E-state index is 11.9. The molecule has 1 aliphatic heterocycles. The second-order valence-electron chi connectivity index (χ2n) is 4.22. The van der Waals surface area contributed by atoms with Gasteiger partial charge in [-0.05, 0) is 6.42 Å². The number of benzene rings is 1. The van der Waals surface area contributed by atoms with Gasteiger partial charge in [0, 0.05) is 11.6 Å². The highest BCUT2D eigenvalue weighted by atomic mass is 16.6. The molecule has 0 spiro atoms. The van der Waals surface area contributed by atoms with Crippen molar-refractivity contribution in [2.45, 2.75) is 25.9 Å². The molecule has 0 bridgehead atoms. The normalized spacial score (nSPS) is 18.6. The van der Waals surface area contributed by atoms with E-state index in [1.54, 1.807) is 19.1 Å². The Hall–Kier alpha value is -2.44. The van der Waals surface area contributed by atoms with Crippen LogP contribution in [-0.4, -0.2) is 27.8 Å². The summed E-state index contributed by atoms with van der Waals surface area (Å²) < 4.78 is 0. The summed E-state index contributed by atoms with van der Waals surface area (Å²) in [5.41, 5.74) is 0.246. The third kappa shape index (κ3) is 2.40. The van der Waals surface area contributed by atoms with Crippen molar-refractivity contribution in [3.8, 4) is 0 Å². The van der Waals surface area contributed by atoms with E-state index in [-0.39, 0.29) is 18.1 Å². The Bertz CT molecular complexity index is 544. The number of urea groups is 1. The molecule has 1 aromatic rings. The van der Waals surface area contributed by atoms with Gasteiger partial charge in [0.15, 0.2) is 0 Å². The Morgan fingerprint density at radius 2 is 2.05 bits per heavy atom. The molecule has 1 atom stereocenters. The van der Waals surface area contributed by atoms with Gasteiger partial charge >= 0.3 is 6.03 Å². The number of amides is 3. The fourth-order valence-electron chi connectivity index (χ4n) is 2.00. The Kier molecular flexibility index (Phi) is 3.46. The first-order valence-corrected chi connectivity index (χ1v) is 5.88. The SMILES string of the molecule is CC[C@H]1NC(=O)N(Cc2ccccc2[N+](=O)[O-])C1=O. The molecule has 1 saturated heterocycles. The molecular formula is C12H13N3O4. The molecule has 0 saturated carbocycles. The quantitative estimate of drug-likeness (QED) is 0.505. The third-order valence-corrected chi connectivity index (χ3v) is 3.03. The molecule has 19 heavy (non-hydrogen) atoms. The van der Waals surface area contributed by atoms with Crippen LogP contribution in [0.3, 0.4) is 0 Å².